The summed E-state index contributed by atoms with van der Waals surface area (Å²) in [6.07, 6.45) is 1.74. The summed E-state index contributed by atoms with van der Waals surface area (Å²) in [5, 5.41) is 5.26. The van der Waals surface area contributed by atoms with E-state index in [1.807, 2.05) is 30.3 Å². The van der Waals surface area contributed by atoms with Crippen molar-refractivity contribution >= 4 is 39.2 Å². The Morgan fingerprint density at radius 3 is 2.73 bits per heavy atom. The van der Waals surface area contributed by atoms with Crippen molar-refractivity contribution < 1.29 is 9.25 Å². The molecule has 0 N–H and O–H groups in total. The van der Waals surface area contributed by atoms with E-state index in [4.69, 9.17) is 22.5 Å². The fourth-order valence-electron chi connectivity index (χ4n) is 1.31. The summed E-state index contributed by atoms with van der Waals surface area (Å²) in [6.45, 7) is 0. The number of nitrogens with zero attached hydrogens (tertiary/aromatic N) is 2. The lowest BCUT2D eigenvalue weighted by molar-refractivity contribution is -0.734. The lowest BCUT2D eigenvalue weighted by atomic mass is 10.2. The van der Waals surface area contributed by atoms with Crippen LogP contribution in [0.3, 0.4) is 0 Å². The second-order valence-electron chi connectivity index (χ2n) is 3.13. The van der Waals surface area contributed by atoms with Gasteiger partial charge in [-0.25, -0.2) is 0 Å². The molecular formula is C9H8Cl2N2OP+. The Hall–Kier alpha value is -0.630. The third kappa shape index (κ3) is 2.91. The van der Waals surface area contributed by atoms with Gasteiger partial charge in [-0.2, -0.15) is 0 Å². The van der Waals surface area contributed by atoms with E-state index in [0.29, 0.717) is 0 Å². The monoisotopic (exact) mass is 261 g/mol. The number of hydrogen-bond donors (Lipinski definition) is 0. The van der Waals surface area contributed by atoms with Gasteiger partial charge in [0.1, 0.15) is 5.52 Å². The molecule has 2 aromatic rings. The molecule has 1 aromatic heterocycles. The highest BCUT2D eigenvalue weighted by Gasteiger charge is 2.21. The van der Waals surface area contributed by atoms with E-state index in [1.54, 1.807) is 6.20 Å². The van der Waals surface area contributed by atoms with Crippen molar-refractivity contribution in [2.45, 2.75) is 6.29 Å². The minimum absolute atomic E-state index is 0.0287. The molecule has 0 aliphatic rings. The molecule has 0 radical (unpaired) electrons. The normalized spacial score (nSPS) is 11.9. The van der Waals surface area contributed by atoms with Crippen LogP contribution >= 0.6 is 28.3 Å². The second kappa shape index (κ2) is 4.09. The van der Waals surface area contributed by atoms with Crippen LogP contribution in [0.4, 0.5) is 0 Å². The van der Waals surface area contributed by atoms with Crippen molar-refractivity contribution in [1.29, 1.82) is 0 Å². The van der Waals surface area contributed by atoms with Gasteiger partial charge in [0.15, 0.2) is 6.20 Å². The lowest BCUT2D eigenvalue weighted by Gasteiger charge is -1.97. The van der Waals surface area contributed by atoms with E-state index in [2.05, 4.69) is 5.10 Å². The van der Waals surface area contributed by atoms with Crippen LogP contribution in [0.2, 0.25) is 0 Å². The first-order chi connectivity index (χ1) is 7.04. The van der Waals surface area contributed by atoms with Gasteiger partial charge >= 0.3 is 5.85 Å². The molecule has 0 fully saturated rings. The molecule has 0 spiro atoms. The van der Waals surface area contributed by atoms with Crippen molar-refractivity contribution in [3.8, 4) is 0 Å². The molecule has 2 rings (SSSR count). The Morgan fingerprint density at radius 1 is 1.27 bits per heavy atom. The van der Waals surface area contributed by atoms with E-state index < -0.39 is 5.85 Å². The van der Waals surface area contributed by atoms with Crippen molar-refractivity contribution in [3.63, 3.8) is 0 Å². The zero-order valence-electron chi connectivity index (χ0n) is 7.68. The molecule has 15 heavy (non-hydrogen) atoms. The average molecular weight is 262 g/mol. The topological polar surface area (TPSA) is 33.8 Å². The van der Waals surface area contributed by atoms with Gasteiger partial charge in [0.25, 0.3) is 6.29 Å². The number of hydrogen-bond acceptors (Lipinski definition) is 2. The van der Waals surface area contributed by atoms with Crippen LogP contribution in [0, 0.1) is 0 Å². The molecule has 78 valence electrons. The second-order valence-corrected chi connectivity index (χ2v) is 8.34. The zero-order chi connectivity index (χ0) is 10.9. The van der Waals surface area contributed by atoms with E-state index in [1.165, 1.54) is 4.68 Å². The predicted molar refractivity (Wildman–Crippen MR) is 61.3 cm³/mol. The Morgan fingerprint density at radius 2 is 2.00 bits per heavy atom. The van der Waals surface area contributed by atoms with Gasteiger partial charge in [0.2, 0.25) is 0 Å². The molecular weight excluding hydrogens is 254 g/mol. The van der Waals surface area contributed by atoms with Gasteiger partial charge in [0.05, 0.1) is 0 Å². The summed E-state index contributed by atoms with van der Waals surface area (Å²) in [5.74, 6) is -3.12. The summed E-state index contributed by atoms with van der Waals surface area (Å²) < 4.78 is 12.7. The van der Waals surface area contributed by atoms with E-state index in [-0.39, 0.29) is 6.29 Å². The smallest absolute Gasteiger partial charge is 0.282 e. The first-order valence-corrected chi connectivity index (χ1v) is 7.99. The van der Waals surface area contributed by atoms with Crippen molar-refractivity contribution in [2.24, 2.45) is 0 Å². The number of aromatic nitrogens is 2. The van der Waals surface area contributed by atoms with E-state index in [9.17, 15) is 4.57 Å². The SMILES string of the molecule is O=P(Cl)(Cl)C[n+]1ccc2ccccc2n1. The third-order valence-corrected chi connectivity index (χ3v) is 3.17. The third-order valence-electron chi connectivity index (χ3n) is 1.91. The molecule has 3 nitrogen and oxygen atoms in total. The summed E-state index contributed by atoms with van der Waals surface area (Å²) in [5.41, 5.74) is 0.821. The van der Waals surface area contributed by atoms with E-state index >= 15 is 0 Å². The highest BCUT2D eigenvalue weighted by atomic mass is 35.9. The molecule has 0 amide bonds. The van der Waals surface area contributed by atoms with Crippen LogP contribution in [-0.4, -0.2) is 5.10 Å². The average Bonchev–Trinajstić information content (AvgIpc) is 2.15. The first-order valence-electron chi connectivity index (χ1n) is 4.28. The predicted octanol–water partition coefficient (Wildman–Crippen LogP) is 3.15. The molecule has 1 heterocycles. The van der Waals surface area contributed by atoms with Crippen molar-refractivity contribution in [2.75, 3.05) is 0 Å². The summed E-state index contributed by atoms with van der Waals surface area (Å²) >= 11 is 11.0. The van der Waals surface area contributed by atoms with Gasteiger partial charge in [-0.3, -0.25) is 4.57 Å². The minimum atomic E-state index is -3.12. The van der Waals surface area contributed by atoms with Crippen LogP contribution in [-0.2, 0) is 10.9 Å². The van der Waals surface area contributed by atoms with E-state index in [0.717, 1.165) is 10.9 Å². The summed E-state index contributed by atoms with van der Waals surface area (Å²) in [7, 11) is 0. The Balaban J connectivity index is 2.43. The summed E-state index contributed by atoms with van der Waals surface area (Å²) in [4.78, 5) is 0. The maximum Gasteiger partial charge on any atom is 0.318 e. The van der Waals surface area contributed by atoms with Crippen molar-refractivity contribution in [1.82, 2.24) is 5.10 Å². The Bertz CT molecular complexity index is 540. The quantitative estimate of drug-likeness (QED) is 0.615. The fraction of sp³-hybridized carbons (Fsp3) is 0.111. The largest absolute Gasteiger partial charge is 0.318 e. The molecule has 0 aliphatic carbocycles. The standard InChI is InChI=1S/C9H8Cl2N2OP/c10-15(11,14)7-13-6-5-8-3-1-2-4-9(8)12-13/h1-6H,7H2/q+1. The van der Waals surface area contributed by atoms with Crippen LogP contribution < -0.4 is 4.68 Å². The maximum absolute atomic E-state index is 11.2. The highest BCUT2D eigenvalue weighted by molar-refractivity contribution is 8.07. The van der Waals surface area contributed by atoms with Crippen molar-refractivity contribution in [3.05, 3.63) is 36.5 Å². The molecule has 0 saturated heterocycles. The Kier molecular flexibility index (Phi) is 2.96. The number of fused-ring (bicyclic) bond motifs is 1. The zero-order valence-corrected chi connectivity index (χ0v) is 10.1. The lowest BCUT2D eigenvalue weighted by Crippen LogP contribution is -2.36. The summed E-state index contributed by atoms with van der Waals surface area (Å²) in [6, 6.07) is 9.53. The molecule has 1 aromatic carbocycles. The Labute approximate surface area is 96.6 Å². The van der Waals surface area contributed by atoms with Gasteiger partial charge in [-0.05, 0) is 28.5 Å². The van der Waals surface area contributed by atoms with Crippen LogP contribution in [0.25, 0.3) is 10.9 Å². The minimum Gasteiger partial charge on any atom is -0.282 e. The molecule has 0 bridgehead atoms. The van der Waals surface area contributed by atoms with Gasteiger partial charge in [0, 0.05) is 16.6 Å². The molecule has 0 unspecified atom stereocenters. The van der Waals surface area contributed by atoms with Gasteiger partial charge in [-0.15, -0.1) is 0 Å². The maximum atomic E-state index is 11.2. The first kappa shape index (κ1) is 10.9. The molecule has 6 heteroatoms. The van der Waals surface area contributed by atoms with Gasteiger partial charge in [-0.1, -0.05) is 22.9 Å². The highest BCUT2D eigenvalue weighted by Crippen LogP contribution is 2.56. The molecule has 0 atom stereocenters. The molecule has 0 saturated carbocycles. The van der Waals surface area contributed by atoms with Crippen LogP contribution in [0.15, 0.2) is 36.5 Å². The number of benzene rings is 1. The van der Waals surface area contributed by atoms with Crippen LogP contribution in [0.5, 0.6) is 0 Å². The fourth-order valence-corrected chi connectivity index (χ4v) is 2.46. The van der Waals surface area contributed by atoms with Gasteiger partial charge < -0.3 is 0 Å². The number of rotatable bonds is 2. The number of halogens is 2. The van der Waals surface area contributed by atoms with Crippen LogP contribution in [0.1, 0.15) is 0 Å². The molecule has 0 aliphatic heterocycles.